The van der Waals surface area contributed by atoms with E-state index >= 15 is 0 Å². The molecule has 2 heterocycles. The van der Waals surface area contributed by atoms with Gasteiger partial charge >= 0.3 is 12.1 Å². The molecule has 1 aliphatic rings. The average molecular weight is 590 g/mol. The fourth-order valence-corrected chi connectivity index (χ4v) is 5.70. The minimum atomic E-state index is -0.350. The highest BCUT2D eigenvalue weighted by molar-refractivity contribution is 5.69. The van der Waals surface area contributed by atoms with Crippen molar-refractivity contribution in [1.29, 1.82) is 0 Å². The molecule has 2 rings (SSSR count). The number of unbranched alkanes of at least 4 members (excludes halogenated alkanes) is 17. The summed E-state index contributed by atoms with van der Waals surface area (Å²) in [7, 11) is 1.43. The molecule has 1 fully saturated rings. The fraction of sp³-hybridized carbons (Fsp3) is 0.800. The van der Waals surface area contributed by atoms with E-state index in [1.807, 2.05) is 12.1 Å². The van der Waals surface area contributed by atoms with Gasteiger partial charge in [-0.05, 0) is 19.3 Å². The fourth-order valence-electron chi connectivity index (χ4n) is 5.70. The van der Waals surface area contributed by atoms with Gasteiger partial charge in [0.25, 0.3) is 0 Å². The maximum Gasteiger partial charge on any atom is 0.407 e. The molecule has 42 heavy (non-hydrogen) atoms. The first kappa shape index (κ1) is 36.0. The Balaban J connectivity index is 1.44. The van der Waals surface area contributed by atoms with Crippen LogP contribution in [0.1, 0.15) is 147 Å². The van der Waals surface area contributed by atoms with E-state index in [9.17, 15) is 9.59 Å². The Morgan fingerprint density at radius 2 is 1.43 bits per heavy atom. The van der Waals surface area contributed by atoms with Crippen LogP contribution < -0.4 is 9.88 Å². The van der Waals surface area contributed by atoms with E-state index in [4.69, 9.17) is 14.2 Å². The molecule has 7 nitrogen and oxygen atoms in total. The van der Waals surface area contributed by atoms with Gasteiger partial charge in [-0.15, -0.1) is 0 Å². The Kier molecular flexibility index (Phi) is 20.9. The van der Waals surface area contributed by atoms with Crippen molar-refractivity contribution in [3.05, 3.63) is 30.1 Å². The van der Waals surface area contributed by atoms with E-state index in [1.54, 1.807) is 0 Å². The molecule has 0 radical (unpaired) electrons. The summed E-state index contributed by atoms with van der Waals surface area (Å²) >= 11 is 0. The van der Waals surface area contributed by atoms with E-state index in [-0.39, 0.29) is 30.7 Å². The summed E-state index contributed by atoms with van der Waals surface area (Å²) in [5.41, 5.74) is 1.21. The Hall–Kier alpha value is -2.15. The lowest BCUT2D eigenvalue weighted by Crippen LogP contribution is -2.49. The predicted octanol–water partition coefficient (Wildman–Crippen LogP) is 8.18. The molecular formula is C35H61N2O5+. The largest absolute Gasteiger partial charge is 0.469 e. The van der Waals surface area contributed by atoms with Gasteiger partial charge in [-0.2, -0.15) is 0 Å². The number of carbonyl (C=O) groups excluding carboxylic acids is 2. The van der Waals surface area contributed by atoms with Gasteiger partial charge in [-0.1, -0.05) is 109 Å². The van der Waals surface area contributed by atoms with Gasteiger partial charge in [0.2, 0.25) is 0 Å². The van der Waals surface area contributed by atoms with Crippen LogP contribution in [0.25, 0.3) is 0 Å². The van der Waals surface area contributed by atoms with Gasteiger partial charge in [-0.25, -0.2) is 9.36 Å². The zero-order valence-corrected chi connectivity index (χ0v) is 26.9. The summed E-state index contributed by atoms with van der Waals surface area (Å²) in [6.07, 6.45) is 26.4. The van der Waals surface area contributed by atoms with Crippen LogP contribution in [-0.2, 0) is 25.5 Å². The second-order valence-electron chi connectivity index (χ2n) is 12.0. The van der Waals surface area contributed by atoms with E-state index < -0.39 is 0 Å². The first-order valence-corrected chi connectivity index (χ1v) is 17.2. The zero-order valence-electron chi connectivity index (χ0n) is 26.9. The van der Waals surface area contributed by atoms with Gasteiger partial charge < -0.3 is 19.5 Å². The number of aromatic nitrogens is 1. The quantitative estimate of drug-likeness (QED) is 0.0670. The van der Waals surface area contributed by atoms with Crippen LogP contribution in [-0.4, -0.2) is 45.0 Å². The molecule has 0 aliphatic carbocycles. The molecule has 1 aromatic rings. The number of methoxy groups -OCH3 is 1. The molecule has 1 amide bonds. The van der Waals surface area contributed by atoms with Crippen LogP contribution in [0.3, 0.4) is 0 Å². The van der Waals surface area contributed by atoms with Crippen molar-refractivity contribution < 1.29 is 28.4 Å². The number of amides is 1. The van der Waals surface area contributed by atoms with Crippen molar-refractivity contribution >= 4 is 12.1 Å². The molecule has 1 saturated heterocycles. The molecule has 0 saturated carbocycles. The summed E-state index contributed by atoms with van der Waals surface area (Å²) in [6.45, 7) is 4.74. The third-order valence-electron chi connectivity index (χ3n) is 8.48. The number of hydrogen-bond acceptors (Lipinski definition) is 5. The maximum atomic E-state index is 12.2. The maximum absolute atomic E-state index is 12.2. The standard InChI is InChI=1S/C35H60N2O5/c1-3-4-5-6-7-8-9-10-11-12-13-14-15-16-17-21-26-36-35(39)42-30-33-31(29-41-33)32-24-20-23-28-37(32)27-22-18-19-25-34(38)40-2/h20,23-24,28,31,33H,3-19,21-22,25-27,29-30H2,1-2H3/p+1. The second kappa shape index (κ2) is 24.3. The lowest BCUT2D eigenvalue weighted by molar-refractivity contribution is -0.707. The van der Waals surface area contributed by atoms with Crippen LogP contribution >= 0.6 is 0 Å². The third kappa shape index (κ3) is 16.5. The summed E-state index contributed by atoms with van der Waals surface area (Å²) in [5.74, 6) is 0.0703. The van der Waals surface area contributed by atoms with E-state index in [1.165, 1.54) is 103 Å². The number of hydrogen-bond donors (Lipinski definition) is 1. The monoisotopic (exact) mass is 589 g/mol. The van der Waals surface area contributed by atoms with Crippen molar-refractivity contribution in [3.63, 3.8) is 0 Å². The van der Waals surface area contributed by atoms with Crippen LogP contribution in [0.4, 0.5) is 4.79 Å². The first-order valence-electron chi connectivity index (χ1n) is 17.2. The molecule has 0 bridgehead atoms. The number of nitrogens with one attached hydrogen (secondary N) is 1. The molecule has 1 N–H and O–H groups in total. The summed E-state index contributed by atoms with van der Waals surface area (Å²) < 4.78 is 18.2. The highest BCUT2D eigenvalue weighted by Crippen LogP contribution is 2.29. The number of aryl methyl sites for hydroxylation is 1. The smallest absolute Gasteiger partial charge is 0.407 e. The Labute approximate surface area is 256 Å². The zero-order chi connectivity index (χ0) is 30.1. The number of esters is 1. The molecular weight excluding hydrogens is 528 g/mol. The minimum Gasteiger partial charge on any atom is -0.469 e. The van der Waals surface area contributed by atoms with Crippen LogP contribution in [0.5, 0.6) is 0 Å². The minimum absolute atomic E-state index is 0.112. The molecule has 2 atom stereocenters. The van der Waals surface area contributed by atoms with Gasteiger partial charge in [0.1, 0.15) is 19.3 Å². The summed E-state index contributed by atoms with van der Waals surface area (Å²) in [4.78, 5) is 23.5. The van der Waals surface area contributed by atoms with Crippen molar-refractivity contribution in [1.82, 2.24) is 5.32 Å². The molecule has 0 spiro atoms. The molecule has 0 aromatic carbocycles. The Morgan fingerprint density at radius 1 is 0.833 bits per heavy atom. The lowest BCUT2D eigenvalue weighted by Gasteiger charge is -2.34. The predicted molar refractivity (Wildman–Crippen MR) is 168 cm³/mol. The Bertz CT molecular complexity index is 833. The van der Waals surface area contributed by atoms with Gasteiger partial charge in [0.05, 0.1) is 19.6 Å². The van der Waals surface area contributed by atoms with Crippen molar-refractivity contribution in [2.45, 2.75) is 154 Å². The number of pyridine rings is 1. The number of ether oxygens (including phenoxy) is 3. The third-order valence-corrected chi connectivity index (χ3v) is 8.48. The van der Waals surface area contributed by atoms with Gasteiger partial charge in [0.15, 0.2) is 11.9 Å². The average Bonchev–Trinajstić information content (AvgIpc) is 2.98. The lowest BCUT2D eigenvalue weighted by atomic mass is 9.93. The SMILES string of the molecule is CCCCCCCCCCCCCCCCCCNC(=O)OCC1OCC1c1cccc[n+]1CCCCCC(=O)OC. The Morgan fingerprint density at radius 3 is 2.00 bits per heavy atom. The highest BCUT2D eigenvalue weighted by Gasteiger charge is 2.39. The number of carbonyl (C=O) groups is 2. The molecule has 7 heteroatoms. The first-order chi connectivity index (χ1) is 20.7. The van der Waals surface area contributed by atoms with Gasteiger partial charge in [0, 0.05) is 31.5 Å². The van der Waals surface area contributed by atoms with Gasteiger partial charge in [-0.3, -0.25) is 4.79 Å². The summed E-state index contributed by atoms with van der Waals surface area (Å²) in [6, 6.07) is 6.21. The number of alkyl carbamates (subject to hydrolysis) is 1. The number of rotatable bonds is 26. The topological polar surface area (TPSA) is 77.7 Å². The molecule has 1 aliphatic heterocycles. The van der Waals surface area contributed by atoms with Crippen molar-refractivity contribution in [3.8, 4) is 0 Å². The molecule has 1 aromatic heterocycles. The van der Waals surface area contributed by atoms with Crippen LogP contribution in [0, 0.1) is 0 Å². The summed E-state index contributed by atoms with van der Waals surface area (Å²) in [5, 5.41) is 2.90. The highest BCUT2D eigenvalue weighted by atomic mass is 16.6. The normalized spacial score (nSPS) is 16.1. The number of nitrogens with zero attached hydrogens (tertiary/aromatic N) is 1. The van der Waals surface area contributed by atoms with Crippen molar-refractivity contribution in [2.75, 3.05) is 26.9 Å². The van der Waals surface area contributed by atoms with E-state index in [0.717, 1.165) is 38.6 Å². The van der Waals surface area contributed by atoms with Crippen LogP contribution in [0.2, 0.25) is 0 Å². The molecule has 2 unspecified atom stereocenters. The van der Waals surface area contributed by atoms with Crippen molar-refractivity contribution in [2.24, 2.45) is 0 Å². The van der Waals surface area contributed by atoms with E-state index in [0.29, 0.717) is 19.6 Å². The second-order valence-corrected chi connectivity index (χ2v) is 12.0. The molecule has 240 valence electrons. The van der Waals surface area contributed by atoms with E-state index in [2.05, 4.69) is 29.1 Å². The van der Waals surface area contributed by atoms with Crippen LogP contribution in [0.15, 0.2) is 24.4 Å².